The van der Waals surface area contributed by atoms with Crippen molar-refractivity contribution in [2.45, 2.75) is 25.1 Å². The molecule has 1 N–H and O–H groups in total. The molecule has 1 aromatic rings. The Hall–Kier alpha value is -1.07. The number of rotatable bonds is 3. The van der Waals surface area contributed by atoms with Crippen LogP contribution in [0.4, 0.5) is 13.2 Å². The van der Waals surface area contributed by atoms with Gasteiger partial charge in [0, 0.05) is 32.2 Å². The van der Waals surface area contributed by atoms with Crippen LogP contribution in [0.2, 0.25) is 0 Å². The van der Waals surface area contributed by atoms with Crippen molar-refractivity contribution in [1.29, 1.82) is 0 Å². The van der Waals surface area contributed by atoms with Gasteiger partial charge in [-0.2, -0.15) is 13.2 Å². The molecule has 1 saturated carbocycles. The summed E-state index contributed by atoms with van der Waals surface area (Å²) in [5, 5.41) is 3.32. The molecule has 1 saturated heterocycles. The van der Waals surface area contributed by atoms with Crippen LogP contribution in [0, 0.1) is 5.92 Å². The first-order chi connectivity index (χ1) is 9.55. The van der Waals surface area contributed by atoms with Gasteiger partial charge in [-0.05, 0) is 36.5 Å². The molecule has 0 amide bonds. The van der Waals surface area contributed by atoms with E-state index < -0.39 is 11.7 Å². The zero-order chi connectivity index (χ0) is 14.2. The van der Waals surface area contributed by atoms with E-state index in [2.05, 4.69) is 10.2 Å². The quantitative estimate of drug-likeness (QED) is 0.917. The van der Waals surface area contributed by atoms with Crippen LogP contribution in [-0.4, -0.2) is 31.1 Å². The number of nitrogens with one attached hydrogen (secondary N) is 1. The smallest absolute Gasteiger partial charge is 0.314 e. The minimum Gasteiger partial charge on any atom is -0.314 e. The van der Waals surface area contributed by atoms with Gasteiger partial charge in [0.2, 0.25) is 0 Å². The summed E-state index contributed by atoms with van der Waals surface area (Å²) in [6.45, 7) is 3.87. The van der Waals surface area contributed by atoms with Gasteiger partial charge in [0.15, 0.2) is 0 Å². The SMILES string of the molecule is FC(F)(F)c1ccc([C@H](C2CC2)N2CCNCC2)cc1. The summed E-state index contributed by atoms with van der Waals surface area (Å²) < 4.78 is 37.9. The van der Waals surface area contributed by atoms with Gasteiger partial charge < -0.3 is 5.32 Å². The van der Waals surface area contributed by atoms with E-state index in [0.29, 0.717) is 12.0 Å². The fourth-order valence-electron chi connectivity index (χ4n) is 3.02. The summed E-state index contributed by atoms with van der Waals surface area (Å²) in [6.07, 6.45) is -1.87. The van der Waals surface area contributed by atoms with E-state index in [4.69, 9.17) is 0 Å². The third-order valence-electron chi connectivity index (χ3n) is 4.19. The maximum absolute atomic E-state index is 12.6. The molecule has 2 fully saturated rings. The minimum absolute atomic E-state index is 0.291. The summed E-state index contributed by atoms with van der Waals surface area (Å²) in [5.41, 5.74) is 0.471. The molecule has 110 valence electrons. The standard InChI is InChI=1S/C15H19F3N2/c16-15(17,18)13-5-3-12(4-6-13)14(11-1-2-11)20-9-7-19-8-10-20/h3-6,11,14,19H,1-2,7-10H2/t14-/m0/s1. The largest absolute Gasteiger partial charge is 0.416 e. The van der Waals surface area contributed by atoms with Gasteiger partial charge in [0.05, 0.1) is 5.56 Å². The van der Waals surface area contributed by atoms with Crippen LogP contribution in [-0.2, 0) is 6.18 Å². The van der Waals surface area contributed by atoms with Crippen LogP contribution in [0.25, 0.3) is 0 Å². The molecule has 2 nitrogen and oxygen atoms in total. The number of piperazine rings is 1. The molecule has 1 aliphatic heterocycles. The van der Waals surface area contributed by atoms with Gasteiger partial charge in [-0.15, -0.1) is 0 Å². The molecule has 1 heterocycles. The highest BCUT2D eigenvalue weighted by Crippen LogP contribution is 2.45. The molecular weight excluding hydrogens is 265 g/mol. The number of nitrogens with zero attached hydrogens (tertiary/aromatic N) is 1. The van der Waals surface area contributed by atoms with Crippen molar-refractivity contribution in [3.63, 3.8) is 0 Å². The van der Waals surface area contributed by atoms with Crippen molar-refractivity contribution < 1.29 is 13.2 Å². The lowest BCUT2D eigenvalue weighted by Gasteiger charge is -2.35. The van der Waals surface area contributed by atoms with Crippen LogP contribution in [0.3, 0.4) is 0 Å². The van der Waals surface area contributed by atoms with Crippen LogP contribution in [0.1, 0.15) is 30.0 Å². The van der Waals surface area contributed by atoms with E-state index in [1.54, 1.807) is 12.1 Å². The van der Waals surface area contributed by atoms with Gasteiger partial charge >= 0.3 is 6.18 Å². The van der Waals surface area contributed by atoms with E-state index in [9.17, 15) is 13.2 Å². The monoisotopic (exact) mass is 284 g/mol. The van der Waals surface area contributed by atoms with E-state index >= 15 is 0 Å². The Morgan fingerprint density at radius 3 is 2.15 bits per heavy atom. The van der Waals surface area contributed by atoms with Gasteiger partial charge in [-0.25, -0.2) is 0 Å². The highest BCUT2D eigenvalue weighted by molar-refractivity contribution is 5.28. The van der Waals surface area contributed by atoms with Crippen LogP contribution >= 0.6 is 0 Å². The fourth-order valence-corrected chi connectivity index (χ4v) is 3.02. The summed E-state index contributed by atoms with van der Waals surface area (Å²) in [7, 11) is 0. The topological polar surface area (TPSA) is 15.3 Å². The molecule has 0 spiro atoms. The predicted molar refractivity (Wildman–Crippen MR) is 71.4 cm³/mol. The number of hydrogen-bond acceptors (Lipinski definition) is 2. The van der Waals surface area contributed by atoms with Crippen LogP contribution in [0.5, 0.6) is 0 Å². The molecule has 1 aromatic carbocycles. The second kappa shape index (κ2) is 5.37. The summed E-state index contributed by atoms with van der Waals surface area (Å²) in [4.78, 5) is 2.41. The molecule has 3 rings (SSSR count). The average Bonchev–Trinajstić information content (AvgIpc) is 3.25. The predicted octanol–water partition coefficient (Wildman–Crippen LogP) is 3.06. The Bertz CT molecular complexity index is 445. The zero-order valence-corrected chi connectivity index (χ0v) is 11.3. The van der Waals surface area contributed by atoms with Crippen molar-refractivity contribution in [2.24, 2.45) is 5.92 Å². The van der Waals surface area contributed by atoms with Gasteiger partial charge in [-0.3, -0.25) is 4.90 Å². The first kappa shape index (κ1) is 13.9. The fraction of sp³-hybridized carbons (Fsp3) is 0.600. The van der Waals surface area contributed by atoms with Crippen molar-refractivity contribution in [2.75, 3.05) is 26.2 Å². The maximum Gasteiger partial charge on any atom is 0.416 e. The Morgan fingerprint density at radius 2 is 1.65 bits per heavy atom. The Labute approximate surface area is 117 Å². The highest BCUT2D eigenvalue weighted by Gasteiger charge is 2.37. The van der Waals surface area contributed by atoms with Gasteiger partial charge in [0.25, 0.3) is 0 Å². The van der Waals surface area contributed by atoms with Crippen LogP contribution in [0.15, 0.2) is 24.3 Å². The highest BCUT2D eigenvalue weighted by atomic mass is 19.4. The average molecular weight is 284 g/mol. The number of hydrogen-bond donors (Lipinski definition) is 1. The molecule has 1 atom stereocenters. The lowest BCUT2D eigenvalue weighted by molar-refractivity contribution is -0.137. The Morgan fingerprint density at radius 1 is 1.05 bits per heavy atom. The maximum atomic E-state index is 12.6. The molecule has 0 bridgehead atoms. The second-order valence-electron chi connectivity index (χ2n) is 5.69. The third-order valence-corrected chi connectivity index (χ3v) is 4.19. The van der Waals surface area contributed by atoms with Crippen molar-refractivity contribution in [3.8, 4) is 0 Å². The van der Waals surface area contributed by atoms with Crippen molar-refractivity contribution in [3.05, 3.63) is 35.4 Å². The molecule has 5 heteroatoms. The van der Waals surface area contributed by atoms with Crippen molar-refractivity contribution >= 4 is 0 Å². The number of alkyl halides is 3. The van der Waals surface area contributed by atoms with E-state index in [1.165, 1.54) is 25.0 Å². The zero-order valence-electron chi connectivity index (χ0n) is 11.3. The van der Waals surface area contributed by atoms with E-state index in [0.717, 1.165) is 31.7 Å². The first-order valence-electron chi connectivity index (χ1n) is 7.17. The summed E-state index contributed by atoms with van der Waals surface area (Å²) in [6, 6.07) is 6.04. The van der Waals surface area contributed by atoms with Crippen LogP contribution < -0.4 is 5.32 Å². The molecular formula is C15H19F3N2. The van der Waals surface area contributed by atoms with Gasteiger partial charge in [-0.1, -0.05) is 12.1 Å². The summed E-state index contributed by atoms with van der Waals surface area (Å²) >= 11 is 0. The normalized spacial score (nSPS) is 22.8. The lowest BCUT2D eigenvalue weighted by Crippen LogP contribution is -2.45. The second-order valence-corrected chi connectivity index (χ2v) is 5.69. The molecule has 20 heavy (non-hydrogen) atoms. The molecule has 0 aromatic heterocycles. The molecule has 0 radical (unpaired) electrons. The molecule has 0 unspecified atom stereocenters. The lowest BCUT2D eigenvalue weighted by atomic mass is 9.98. The third kappa shape index (κ3) is 2.99. The Kier molecular flexibility index (Phi) is 3.73. The minimum atomic E-state index is -4.25. The molecule has 1 aliphatic carbocycles. The van der Waals surface area contributed by atoms with Gasteiger partial charge in [0.1, 0.15) is 0 Å². The van der Waals surface area contributed by atoms with E-state index in [-0.39, 0.29) is 0 Å². The Balaban J connectivity index is 1.80. The molecule has 2 aliphatic rings. The summed E-state index contributed by atoms with van der Waals surface area (Å²) in [5.74, 6) is 0.616. The number of halogens is 3. The van der Waals surface area contributed by atoms with E-state index in [1.807, 2.05) is 0 Å². The number of benzene rings is 1. The first-order valence-corrected chi connectivity index (χ1v) is 7.17. The van der Waals surface area contributed by atoms with Crippen molar-refractivity contribution in [1.82, 2.24) is 10.2 Å².